The summed E-state index contributed by atoms with van der Waals surface area (Å²) in [6, 6.07) is 12.3. The fraction of sp³-hybridized carbons (Fsp3) is 0.590. The van der Waals surface area contributed by atoms with Crippen LogP contribution < -0.4 is 63.3 Å². The highest BCUT2D eigenvalue weighted by molar-refractivity contribution is 6.32. The number of nitrogens with two attached hydrogens (primary N) is 3. The van der Waals surface area contributed by atoms with Crippen LogP contribution >= 0.6 is 23.2 Å². The summed E-state index contributed by atoms with van der Waals surface area (Å²) >= 11 is 12.2. The topological polar surface area (TPSA) is 446 Å². The van der Waals surface area contributed by atoms with Gasteiger partial charge in [0, 0.05) is 37.9 Å². The van der Waals surface area contributed by atoms with E-state index in [-0.39, 0.29) is 84.4 Å². The normalized spacial score (nSPS) is 18.2. The Kier molecular flexibility index (Phi) is 41.9. The van der Waals surface area contributed by atoms with Gasteiger partial charge in [0.1, 0.15) is 58.1 Å². The number of anilines is 1. The molecule has 0 bridgehead atoms. The maximum atomic E-state index is 13.5. The van der Waals surface area contributed by atoms with E-state index in [0.717, 1.165) is 94.7 Å². The highest BCUT2D eigenvalue weighted by Crippen LogP contribution is 2.35. The number of hydrogen-bond donors (Lipinski definition) is 12. The van der Waals surface area contributed by atoms with Gasteiger partial charge in [0.25, 0.3) is 5.91 Å². The summed E-state index contributed by atoms with van der Waals surface area (Å²) in [5.74, 6) is -16.2. The lowest BCUT2D eigenvalue weighted by atomic mass is 9.82. The number of hydrogen-bond acceptors (Lipinski definition) is 20. The molecule has 3 saturated carbocycles. The van der Waals surface area contributed by atoms with Gasteiger partial charge in [-0.15, -0.1) is 0 Å². The van der Waals surface area contributed by atoms with E-state index in [0.29, 0.717) is 53.1 Å². The Hall–Kier alpha value is -9.51. The van der Waals surface area contributed by atoms with Crippen LogP contribution in [0.4, 0.5) is 46.8 Å². The lowest BCUT2D eigenvalue weighted by molar-refractivity contribution is -0.140. The van der Waals surface area contributed by atoms with Crippen molar-refractivity contribution in [2.75, 3.05) is 12.4 Å². The molecule has 3 aliphatic rings. The molecular formula is C83H122Cl2F5N9O20. The van der Waals surface area contributed by atoms with E-state index < -0.39 is 117 Å². The highest BCUT2D eigenvalue weighted by Gasteiger charge is 2.34. The predicted molar refractivity (Wildman–Crippen MR) is 439 cm³/mol. The number of ether oxygens (including phenoxy) is 7. The van der Waals surface area contributed by atoms with Gasteiger partial charge in [-0.05, 0) is 285 Å². The van der Waals surface area contributed by atoms with Gasteiger partial charge in [0.15, 0.2) is 0 Å². The fourth-order valence-electron chi connectivity index (χ4n) is 12.2. The third kappa shape index (κ3) is 40.4. The summed E-state index contributed by atoms with van der Waals surface area (Å²) in [6.07, 6.45) is 10.0. The van der Waals surface area contributed by atoms with Crippen LogP contribution in [0, 0.1) is 46.8 Å². The molecule has 6 amide bonds. The summed E-state index contributed by atoms with van der Waals surface area (Å²) in [6.45, 7) is 29.1. The van der Waals surface area contributed by atoms with Gasteiger partial charge in [-0.3, -0.25) is 29.3 Å². The molecular weight excluding hydrogens is 1610 g/mol. The van der Waals surface area contributed by atoms with Crippen molar-refractivity contribution < 1.29 is 120 Å². The molecule has 0 spiro atoms. The standard InChI is InChI=1S/C25H38ClN3O5.C16H10ClF5O3.2C14H26N2O4.C14H20N2O4.H2/c1-15(2)33-21-12-9-17(14-19(21)26)22(30)29-20(23(31)27-6)13-16-7-10-18(11-8-16)28-24(32)34-25(3,4)5;1-6(2)24-9-4-3-7(5-8(9)17)16(23)25-15-13(21)11(19)10(18)12(20)14(15)22;3*1-14(2,3)20-13(19)16-10-6-4-9(5-7-10)8-11(15)12(17)18;/h9,12,14-16,18,20H,7-8,10-11,13H2,1-6H3,(H,27,31)(H,28,32)(H,29,30);3-6H,1-2H3;2*9-11H,4-8,15H2,1-3H3,(H,16,19)(H,17,18);4-7,11H,8,15H2,1-3H3,(H,16,19)(H,17,18);1H/t;;2*9?,10?,11-;11-;/m..000./s1. The smallest absolute Gasteiger partial charge is 0.412 e. The number of carbonyl (C=O) groups excluding carboxylic acids is 7. The van der Waals surface area contributed by atoms with Crippen molar-refractivity contribution in [2.45, 2.75) is 290 Å². The number of carboxylic acid groups (broad SMARTS) is 3. The minimum Gasteiger partial charge on any atom is -0.489 e. The molecule has 3 fully saturated rings. The highest BCUT2D eigenvalue weighted by atomic mass is 35.5. The maximum Gasteiger partial charge on any atom is 0.412 e. The molecule has 0 heterocycles. The van der Waals surface area contributed by atoms with Gasteiger partial charge in [0.2, 0.25) is 40.7 Å². The van der Waals surface area contributed by atoms with Crippen molar-refractivity contribution in [1.82, 2.24) is 26.6 Å². The Morgan fingerprint density at radius 3 is 1.12 bits per heavy atom. The zero-order valence-electron chi connectivity index (χ0n) is 70.7. The third-order valence-corrected chi connectivity index (χ3v) is 18.4. The average molecular weight is 1730 g/mol. The van der Waals surface area contributed by atoms with E-state index in [1.807, 2.05) is 76.2 Å². The predicted octanol–water partition coefficient (Wildman–Crippen LogP) is 15.5. The van der Waals surface area contributed by atoms with E-state index in [1.54, 1.807) is 84.1 Å². The molecule has 0 radical (unpaired) electrons. The first-order valence-electron chi connectivity index (χ1n) is 39.2. The molecule has 15 N–H and O–H groups in total. The molecule has 3 aliphatic carbocycles. The van der Waals surface area contributed by atoms with Crippen LogP contribution in [-0.4, -0.2) is 159 Å². The zero-order valence-corrected chi connectivity index (χ0v) is 72.2. The van der Waals surface area contributed by atoms with Crippen LogP contribution in [0.5, 0.6) is 17.2 Å². The van der Waals surface area contributed by atoms with Crippen LogP contribution in [-0.2, 0) is 44.5 Å². The van der Waals surface area contributed by atoms with E-state index >= 15 is 0 Å². The van der Waals surface area contributed by atoms with Crippen LogP contribution in [0.1, 0.15) is 235 Å². The quantitative estimate of drug-likeness (QED) is 0.00774. The number of likely N-dealkylation sites (N-methyl/N-ethyl adjacent to an activating group) is 1. The van der Waals surface area contributed by atoms with E-state index in [2.05, 4.69) is 36.6 Å². The molecule has 0 saturated heterocycles. The largest absolute Gasteiger partial charge is 0.489 e. The molecule has 36 heteroatoms. The van der Waals surface area contributed by atoms with E-state index in [4.69, 9.17) is 84.1 Å². The van der Waals surface area contributed by atoms with E-state index in [1.165, 1.54) is 6.07 Å². The number of amides is 6. The van der Waals surface area contributed by atoms with Crippen molar-refractivity contribution in [1.29, 1.82) is 0 Å². The number of aliphatic carboxylic acids is 3. The fourth-order valence-corrected chi connectivity index (χ4v) is 12.7. The summed E-state index contributed by atoms with van der Waals surface area (Å²) < 4.78 is 102. The Morgan fingerprint density at radius 2 is 0.790 bits per heavy atom. The Labute approximate surface area is 703 Å². The van der Waals surface area contributed by atoms with Crippen molar-refractivity contribution in [3.8, 4) is 17.2 Å². The van der Waals surface area contributed by atoms with Gasteiger partial charge in [0.05, 0.1) is 27.8 Å². The average Bonchev–Trinajstić information content (AvgIpc) is 0.791. The third-order valence-electron chi connectivity index (χ3n) is 17.8. The molecule has 7 rings (SSSR count). The van der Waals surface area contributed by atoms with Gasteiger partial charge < -0.3 is 92.3 Å². The van der Waals surface area contributed by atoms with Crippen molar-refractivity contribution in [2.24, 2.45) is 35.0 Å². The summed E-state index contributed by atoms with van der Waals surface area (Å²) in [5, 5.41) is 43.4. The van der Waals surface area contributed by atoms with E-state index in [9.17, 15) is 69.9 Å². The number of esters is 1. The molecule has 4 aromatic rings. The van der Waals surface area contributed by atoms with Gasteiger partial charge in [-0.25, -0.2) is 37.1 Å². The molecule has 119 heavy (non-hydrogen) atoms. The second kappa shape index (κ2) is 48.1. The first-order chi connectivity index (χ1) is 55.0. The van der Waals surface area contributed by atoms with Crippen molar-refractivity contribution >= 4 is 89.0 Å². The number of alkyl carbamates (subject to hydrolysis) is 3. The molecule has 668 valence electrons. The van der Waals surface area contributed by atoms with Crippen LogP contribution in [0.3, 0.4) is 0 Å². The zero-order chi connectivity index (χ0) is 90.4. The first-order valence-corrected chi connectivity index (χ1v) is 40.0. The van der Waals surface area contributed by atoms with Crippen LogP contribution in [0.15, 0.2) is 60.7 Å². The Morgan fingerprint density at radius 1 is 0.462 bits per heavy atom. The molecule has 4 aromatic carbocycles. The number of carboxylic acids is 3. The summed E-state index contributed by atoms with van der Waals surface area (Å²) in [7, 11) is 1.55. The van der Waals surface area contributed by atoms with Gasteiger partial charge in [-0.1, -0.05) is 35.3 Å². The molecule has 0 aliphatic heterocycles. The molecule has 0 aromatic heterocycles. The number of halogens is 7. The number of carbonyl (C=O) groups is 10. The SMILES string of the molecule is CC(C)(C)OC(=O)NC1CCC(C[C@H](N)C(=O)O)CC1.CC(C)(C)OC(=O)NC1CCC(C[C@H](N)C(=O)O)CC1.CC(C)(C)OC(=O)Nc1ccc(C[C@H](N)C(=O)O)cc1.CC(C)Oc1ccc(C(=O)Oc2c(F)c(F)c(F)c(F)c2F)cc1Cl.CNC(=O)C(CC1CCC(NC(=O)OC(C)(C)C)CC1)NC(=O)c1ccc(OC(C)C)c(Cl)c1.[HH]. The second-order valence-corrected chi connectivity index (χ2v) is 34.5. The summed E-state index contributed by atoms with van der Waals surface area (Å²) in [4.78, 5) is 116. The first kappa shape index (κ1) is 104. The number of nitrogens with one attached hydrogen (secondary N) is 6. The van der Waals surface area contributed by atoms with Gasteiger partial charge >= 0.3 is 48.3 Å². The summed E-state index contributed by atoms with van der Waals surface area (Å²) in [5.41, 5.74) is 15.9. The lowest BCUT2D eigenvalue weighted by Gasteiger charge is -2.31. The minimum absolute atomic E-state index is 0. The van der Waals surface area contributed by atoms with Crippen molar-refractivity contribution in [3.05, 3.63) is 116 Å². The Bertz CT molecular complexity index is 3930. The monoisotopic (exact) mass is 1730 g/mol. The number of rotatable bonds is 24. The Balaban J connectivity index is 0.000000517. The van der Waals surface area contributed by atoms with Crippen molar-refractivity contribution in [3.63, 3.8) is 0 Å². The lowest BCUT2D eigenvalue weighted by Crippen LogP contribution is -2.47. The number of benzene rings is 4. The maximum absolute atomic E-state index is 13.5. The van der Waals surface area contributed by atoms with Crippen LogP contribution in [0.2, 0.25) is 10.0 Å². The molecule has 4 atom stereocenters. The molecule has 29 nitrogen and oxygen atoms in total. The second-order valence-electron chi connectivity index (χ2n) is 33.7. The minimum atomic E-state index is -2.35. The van der Waals surface area contributed by atoms with Gasteiger partial charge in [-0.2, -0.15) is 8.78 Å². The molecule has 1 unspecified atom stereocenters. The van der Waals surface area contributed by atoms with Crippen LogP contribution in [0.25, 0.3) is 0 Å².